The molecule has 4 aromatic rings. The third-order valence-corrected chi connectivity index (χ3v) is 5.96. The molecular formula is C24H18F2N6O5. The molecule has 0 spiro atoms. The molecule has 37 heavy (non-hydrogen) atoms. The highest BCUT2D eigenvalue weighted by Crippen LogP contribution is 2.32. The van der Waals surface area contributed by atoms with Crippen LogP contribution in [0.4, 0.5) is 8.78 Å². The quantitative estimate of drug-likeness (QED) is 0.285. The van der Waals surface area contributed by atoms with Crippen LogP contribution in [0.1, 0.15) is 54.1 Å². The number of nitrogens with one attached hydrogen (secondary N) is 2. The van der Waals surface area contributed by atoms with Crippen molar-refractivity contribution in [3.63, 3.8) is 0 Å². The second-order valence-electron chi connectivity index (χ2n) is 8.37. The van der Waals surface area contributed by atoms with E-state index in [0.717, 1.165) is 22.8 Å². The number of amides is 2. The van der Waals surface area contributed by atoms with Gasteiger partial charge in [0.2, 0.25) is 5.95 Å². The van der Waals surface area contributed by atoms with Crippen molar-refractivity contribution < 1.29 is 33.4 Å². The van der Waals surface area contributed by atoms with Gasteiger partial charge in [-0.2, -0.15) is 9.49 Å². The van der Waals surface area contributed by atoms with Crippen LogP contribution in [0.3, 0.4) is 0 Å². The summed E-state index contributed by atoms with van der Waals surface area (Å²) in [4.78, 5) is 44.6. The molecule has 0 fully saturated rings. The molecule has 0 saturated heterocycles. The Balaban J connectivity index is 1.42. The molecular weight excluding hydrogens is 490 g/mol. The van der Waals surface area contributed by atoms with E-state index < -0.39 is 41.7 Å². The maximum Gasteiger partial charge on any atom is 0.335 e. The fourth-order valence-corrected chi connectivity index (χ4v) is 4.20. The second kappa shape index (κ2) is 9.35. The van der Waals surface area contributed by atoms with E-state index in [2.05, 4.69) is 25.7 Å². The number of hydrogen-bond acceptors (Lipinski definition) is 7. The first-order valence-electron chi connectivity index (χ1n) is 11.0. The maximum atomic E-state index is 14.3. The van der Waals surface area contributed by atoms with Crippen molar-refractivity contribution in [3.05, 3.63) is 94.2 Å². The summed E-state index contributed by atoms with van der Waals surface area (Å²) in [6, 6.07) is 7.17. The molecule has 0 saturated carbocycles. The van der Waals surface area contributed by atoms with Crippen molar-refractivity contribution in [2.24, 2.45) is 0 Å². The molecule has 11 nitrogen and oxygen atoms in total. The smallest absolute Gasteiger partial charge is 0.335 e. The Morgan fingerprint density at radius 1 is 1.11 bits per heavy atom. The number of benzene rings is 1. The summed E-state index contributed by atoms with van der Waals surface area (Å²) >= 11 is 0. The molecule has 1 aliphatic rings. The molecule has 3 heterocycles. The van der Waals surface area contributed by atoms with Crippen LogP contribution in [0, 0.1) is 11.8 Å². The van der Waals surface area contributed by atoms with Crippen LogP contribution in [0.25, 0.3) is 5.65 Å². The number of carbonyl (C=O) groups excluding carboxylic acids is 2. The summed E-state index contributed by atoms with van der Waals surface area (Å²) in [6.45, 7) is -0.0716. The SMILES string of the molecule is O=C(O)c1ccc2c(c1)C[C@H](O)[C@@H]2NC(=O)c1cc(C(=O)NCc2ccnc(F)c2)nc2c(F)cnn12. The minimum absolute atomic E-state index is 0.0472. The first-order valence-corrected chi connectivity index (χ1v) is 11.0. The number of hydrogen-bond donors (Lipinski definition) is 4. The van der Waals surface area contributed by atoms with Gasteiger partial charge >= 0.3 is 5.97 Å². The summed E-state index contributed by atoms with van der Waals surface area (Å²) in [5.41, 5.74) is 0.690. The van der Waals surface area contributed by atoms with Gasteiger partial charge in [0.15, 0.2) is 11.5 Å². The largest absolute Gasteiger partial charge is 0.478 e. The van der Waals surface area contributed by atoms with Gasteiger partial charge in [-0.05, 0) is 41.0 Å². The van der Waals surface area contributed by atoms with E-state index in [9.17, 15) is 33.4 Å². The molecule has 188 valence electrons. The van der Waals surface area contributed by atoms with Crippen LogP contribution in [-0.4, -0.2) is 53.7 Å². The fourth-order valence-electron chi connectivity index (χ4n) is 4.20. The van der Waals surface area contributed by atoms with Crippen LogP contribution in [0.2, 0.25) is 0 Å². The summed E-state index contributed by atoms with van der Waals surface area (Å²) in [5, 5.41) is 28.7. The molecule has 1 aliphatic carbocycles. The minimum Gasteiger partial charge on any atom is -0.478 e. The van der Waals surface area contributed by atoms with Gasteiger partial charge in [0, 0.05) is 25.2 Å². The average molecular weight is 508 g/mol. The number of carbonyl (C=O) groups is 3. The molecule has 4 N–H and O–H groups in total. The first kappa shape index (κ1) is 23.9. The Labute approximate surface area is 206 Å². The average Bonchev–Trinajstić information content (AvgIpc) is 3.40. The normalized spacial score (nSPS) is 16.4. The van der Waals surface area contributed by atoms with E-state index in [1.807, 2.05) is 0 Å². The predicted molar refractivity (Wildman–Crippen MR) is 122 cm³/mol. The van der Waals surface area contributed by atoms with E-state index in [-0.39, 0.29) is 35.6 Å². The molecule has 0 aliphatic heterocycles. The van der Waals surface area contributed by atoms with Crippen molar-refractivity contribution in [3.8, 4) is 0 Å². The topological polar surface area (TPSA) is 159 Å². The third kappa shape index (κ3) is 4.59. The van der Waals surface area contributed by atoms with Crippen molar-refractivity contribution in [2.45, 2.75) is 25.1 Å². The number of carboxylic acid groups (broad SMARTS) is 1. The van der Waals surface area contributed by atoms with Crippen LogP contribution < -0.4 is 10.6 Å². The van der Waals surface area contributed by atoms with Gasteiger partial charge in [-0.1, -0.05) is 6.07 Å². The Hall–Kier alpha value is -4.78. The van der Waals surface area contributed by atoms with Gasteiger partial charge in [0.05, 0.1) is 23.9 Å². The summed E-state index contributed by atoms with van der Waals surface area (Å²) < 4.78 is 28.6. The van der Waals surface area contributed by atoms with Crippen molar-refractivity contribution in [2.75, 3.05) is 0 Å². The number of aromatic carboxylic acids is 1. The highest BCUT2D eigenvalue weighted by Gasteiger charge is 2.34. The lowest BCUT2D eigenvalue weighted by Crippen LogP contribution is -2.35. The molecule has 2 amide bonds. The minimum atomic E-state index is -1.12. The zero-order valence-electron chi connectivity index (χ0n) is 18.9. The highest BCUT2D eigenvalue weighted by atomic mass is 19.1. The van der Waals surface area contributed by atoms with Gasteiger partial charge in [-0.15, -0.1) is 0 Å². The standard InChI is InChI=1S/C24H18F2N6O5/c25-15-10-29-32-17(8-16(30-21(15)32)22(34)28-9-11-3-4-27-19(26)5-11)23(35)31-20-14-2-1-12(24(36)37)6-13(14)7-18(20)33/h1-6,8,10,18,20,33H,7,9H2,(H,28,34)(H,31,35)(H,36,37)/t18-,20+/m0/s1. The van der Waals surface area contributed by atoms with Crippen molar-refractivity contribution in [1.29, 1.82) is 0 Å². The van der Waals surface area contributed by atoms with Gasteiger partial charge in [0.25, 0.3) is 11.8 Å². The Morgan fingerprint density at radius 3 is 2.68 bits per heavy atom. The molecule has 13 heteroatoms. The van der Waals surface area contributed by atoms with E-state index in [4.69, 9.17) is 0 Å². The van der Waals surface area contributed by atoms with Gasteiger partial charge in [-0.3, -0.25) is 9.59 Å². The Kier molecular flexibility index (Phi) is 6.05. The third-order valence-electron chi connectivity index (χ3n) is 5.96. The number of rotatable bonds is 6. The molecule has 2 atom stereocenters. The molecule has 0 unspecified atom stereocenters. The van der Waals surface area contributed by atoms with Crippen LogP contribution >= 0.6 is 0 Å². The maximum absolute atomic E-state index is 14.3. The Bertz CT molecular complexity index is 1570. The second-order valence-corrected chi connectivity index (χ2v) is 8.37. The lowest BCUT2D eigenvalue weighted by Gasteiger charge is -2.18. The van der Waals surface area contributed by atoms with Crippen LogP contribution in [0.15, 0.2) is 48.8 Å². The first-order chi connectivity index (χ1) is 17.7. The zero-order valence-corrected chi connectivity index (χ0v) is 18.9. The van der Waals surface area contributed by atoms with E-state index in [0.29, 0.717) is 16.7 Å². The number of carboxylic acids is 1. The summed E-state index contributed by atoms with van der Waals surface area (Å²) in [7, 11) is 0. The number of aliphatic hydroxyl groups excluding tert-OH is 1. The molecule has 0 radical (unpaired) electrons. The van der Waals surface area contributed by atoms with Crippen LogP contribution in [0.5, 0.6) is 0 Å². The number of fused-ring (bicyclic) bond motifs is 2. The molecule has 5 rings (SSSR count). The van der Waals surface area contributed by atoms with Gasteiger partial charge in [-0.25, -0.2) is 23.7 Å². The number of aliphatic hydroxyl groups is 1. The van der Waals surface area contributed by atoms with Gasteiger partial charge < -0.3 is 20.8 Å². The van der Waals surface area contributed by atoms with Crippen LogP contribution in [-0.2, 0) is 13.0 Å². The number of halogens is 2. The molecule has 3 aromatic heterocycles. The zero-order chi connectivity index (χ0) is 26.3. The number of pyridine rings is 1. The lowest BCUT2D eigenvalue weighted by molar-refractivity contribution is 0.0696. The van der Waals surface area contributed by atoms with E-state index in [1.54, 1.807) is 0 Å². The fraction of sp³-hybridized carbons (Fsp3) is 0.167. The van der Waals surface area contributed by atoms with E-state index in [1.165, 1.54) is 30.5 Å². The number of nitrogens with zero attached hydrogens (tertiary/aromatic N) is 4. The monoisotopic (exact) mass is 508 g/mol. The molecule has 0 bridgehead atoms. The van der Waals surface area contributed by atoms with E-state index >= 15 is 0 Å². The predicted octanol–water partition coefficient (Wildman–Crippen LogP) is 1.42. The lowest BCUT2D eigenvalue weighted by atomic mass is 10.0. The van der Waals surface area contributed by atoms with Crippen molar-refractivity contribution in [1.82, 2.24) is 30.2 Å². The highest BCUT2D eigenvalue weighted by molar-refractivity contribution is 5.98. The number of aromatic nitrogens is 4. The Morgan fingerprint density at radius 2 is 1.92 bits per heavy atom. The van der Waals surface area contributed by atoms with Crippen molar-refractivity contribution >= 4 is 23.4 Å². The molecule has 1 aromatic carbocycles. The summed E-state index contributed by atoms with van der Waals surface area (Å²) in [5.74, 6) is -4.24. The summed E-state index contributed by atoms with van der Waals surface area (Å²) in [6.07, 6.45) is 1.15. The van der Waals surface area contributed by atoms with Gasteiger partial charge in [0.1, 0.15) is 11.4 Å².